The monoisotopic (exact) mass is 413 g/mol. The topological polar surface area (TPSA) is 103 Å². The van der Waals surface area contributed by atoms with Crippen LogP contribution < -0.4 is 11.3 Å². The van der Waals surface area contributed by atoms with Gasteiger partial charge in [-0.25, -0.2) is 4.98 Å². The van der Waals surface area contributed by atoms with Crippen molar-refractivity contribution in [2.45, 2.75) is 19.5 Å². The highest BCUT2D eigenvalue weighted by Crippen LogP contribution is 2.27. The van der Waals surface area contributed by atoms with Gasteiger partial charge in [0.05, 0.1) is 5.69 Å². The summed E-state index contributed by atoms with van der Waals surface area (Å²) in [7, 11) is 1.45. The van der Waals surface area contributed by atoms with Crippen LogP contribution in [0.1, 0.15) is 17.4 Å². The van der Waals surface area contributed by atoms with Gasteiger partial charge in [0.2, 0.25) is 11.6 Å². The molecule has 0 bridgehead atoms. The van der Waals surface area contributed by atoms with E-state index in [-0.39, 0.29) is 17.9 Å². The Labute approximate surface area is 171 Å². The third-order valence-electron chi connectivity index (χ3n) is 4.71. The summed E-state index contributed by atoms with van der Waals surface area (Å²) in [6, 6.07) is 6.32. The number of allylic oxidation sites excluding steroid dienone is 1. The van der Waals surface area contributed by atoms with Gasteiger partial charge in [-0.1, -0.05) is 35.9 Å². The van der Waals surface area contributed by atoms with Crippen LogP contribution in [0.2, 0.25) is 5.02 Å². The molecule has 0 spiro atoms. The fraction of sp³-hybridized carbons (Fsp3) is 0.200. The molecule has 1 atom stereocenters. The Hall–Kier alpha value is -3.39. The molecule has 2 amide bonds. The fourth-order valence-electron chi connectivity index (χ4n) is 2.93. The number of carbonyl (C=O) groups is 2. The number of hydrogen-bond donors (Lipinski definition) is 1. The third kappa shape index (κ3) is 3.66. The smallest absolute Gasteiger partial charge is 0.295 e. The normalized spacial score (nSPS) is 12.0. The lowest BCUT2D eigenvalue weighted by molar-refractivity contribution is -0.121. The van der Waals surface area contributed by atoms with Crippen LogP contribution in [0.3, 0.4) is 0 Å². The van der Waals surface area contributed by atoms with E-state index < -0.39 is 23.4 Å². The SMILES string of the molecule is C=CCn1c(-c2ccccc2Cl)cn2cc(C(=O)N(C)[C@H](C)C(N)=O)nc2c1=O. The second-order valence-corrected chi connectivity index (χ2v) is 6.96. The van der Waals surface area contributed by atoms with E-state index in [1.54, 1.807) is 30.5 Å². The minimum Gasteiger partial charge on any atom is -0.368 e. The first-order valence-corrected chi connectivity index (χ1v) is 9.18. The number of rotatable bonds is 6. The second-order valence-electron chi connectivity index (χ2n) is 6.55. The molecule has 0 aliphatic heterocycles. The maximum Gasteiger partial charge on any atom is 0.295 e. The maximum atomic E-state index is 13.1. The highest BCUT2D eigenvalue weighted by atomic mass is 35.5. The molecule has 3 rings (SSSR count). The van der Waals surface area contributed by atoms with Crippen molar-refractivity contribution in [3.05, 3.63) is 70.4 Å². The van der Waals surface area contributed by atoms with Gasteiger partial charge in [-0.3, -0.25) is 23.4 Å². The average molecular weight is 414 g/mol. The number of likely N-dealkylation sites (N-methyl/N-ethyl adjacent to an activating group) is 1. The number of halogens is 1. The molecule has 3 aromatic rings. The Kier molecular flexibility index (Phi) is 5.56. The summed E-state index contributed by atoms with van der Waals surface area (Å²) in [6.45, 7) is 5.46. The average Bonchev–Trinajstić information content (AvgIpc) is 3.13. The van der Waals surface area contributed by atoms with E-state index in [0.29, 0.717) is 16.3 Å². The summed E-state index contributed by atoms with van der Waals surface area (Å²) < 4.78 is 2.97. The van der Waals surface area contributed by atoms with Gasteiger partial charge in [-0.15, -0.1) is 6.58 Å². The molecule has 2 N–H and O–H groups in total. The molecule has 2 heterocycles. The lowest BCUT2D eigenvalue weighted by Gasteiger charge is -2.20. The molecular weight excluding hydrogens is 394 g/mol. The number of amides is 2. The molecule has 0 aliphatic rings. The Morgan fingerprint density at radius 3 is 2.66 bits per heavy atom. The zero-order valence-corrected chi connectivity index (χ0v) is 16.8. The Morgan fingerprint density at radius 1 is 1.34 bits per heavy atom. The molecule has 8 nitrogen and oxygen atoms in total. The van der Waals surface area contributed by atoms with Gasteiger partial charge in [0.1, 0.15) is 11.7 Å². The first-order chi connectivity index (χ1) is 13.8. The van der Waals surface area contributed by atoms with Crippen molar-refractivity contribution in [3.8, 4) is 11.3 Å². The number of fused-ring (bicyclic) bond motifs is 1. The van der Waals surface area contributed by atoms with Gasteiger partial charge < -0.3 is 10.6 Å². The van der Waals surface area contributed by atoms with Gasteiger partial charge in [-0.2, -0.15) is 0 Å². The minimum absolute atomic E-state index is 0.0270. The zero-order valence-electron chi connectivity index (χ0n) is 16.0. The van der Waals surface area contributed by atoms with Crippen LogP contribution in [0.5, 0.6) is 0 Å². The van der Waals surface area contributed by atoms with Crippen molar-refractivity contribution >= 4 is 29.1 Å². The fourth-order valence-corrected chi connectivity index (χ4v) is 3.16. The summed E-state index contributed by atoms with van der Waals surface area (Å²) in [5, 5.41) is 0.482. The number of aromatic nitrogens is 3. The first-order valence-electron chi connectivity index (χ1n) is 8.81. The number of nitrogens with two attached hydrogens (primary N) is 1. The van der Waals surface area contributed by atoms with Gasteiger partial charge in [-0.05, 0) is 13.0 Å². The van der Waals surface area contributed by atoms with Crippen LogP contribution in [0, 0.1) is 0 Å². The molecule has 0 saturated carbocycles. The Morgan fingerprint density at radius 2 is 2.03 bits per heavy atom. The van der Waals surface area contributed by atoms with E-state index in [9.17, 15) is 14.4 Å². The lowest BCUT2D eigenvalue weighted by atomic mass is 10.1. The van der Waals surface area contributed by atoms with Gasteiger partial charge in [0.15, 0.2) is 0 Å². The Balaban J connectivity index is 2.19. The predicted octanol–water partition coefficient (Wildman–Crippen LogP) is 1.95. The van der Waals surface area contributed by atoms with E-state index >= 15 is 0 Å². The number of nitrogens with zero attached hydrogens (tertiary/aromatic N) is 4. The molecule has 0 unspecified atom stereocenters. The number of benzene rings is 1. The quantitative estimate of drug-likeness (QED) is 0.624. The summed E-state index contributed by atoms with van der Waals surface area (Å²) in [4.78, 5) is 42.5. The molecule has 2 aromatic heterocycles. The molecule has 0 radical (unpaired) electrons. The standard InChI is InChI=1S/C20H20ClN5O3/c1-4-9-26-16(13-7-5-6-8-14(13)21)11-25-10-15(23-18(25)20(26)29)19(28)24(3)12(2)17(22)27/h4-8,10-12H,1,9H2,2-3H3,(H2,22,27)/t12-/m1/s1. The Bertz CT molecular complexity index is 1180. The van der Waals surface area contributed by atoms with Crippen LogP contribution in [-0.4, -0.2) is 43.8 Å². The first kappa shape index (κ1) is 20.3. The molecule has 0 aliphatic carbocycles. The van der Waals surface area contributed by atoms with Crippen molar-refractivity contribution in [2.24, 2.45) is 5.73 Å². The van der Waals surface area contributed by atoms with Crippen LogP contribution >= 0.6 is 11.6 Å². The van der Waals surface area contributed by atoms with Crippen molar-refractivity contribution in [1.29, 1.82) is 0 Å². The van der Waals surface area contributed by atoms with Crippen LogP contribution in [-0.2, 0) is 11.3 Å². The number of hydrogen-bond acceptors (Lipinski definition) is 4. The van der Waals surface area contributed by atoms with E-state index in [1.165, 1.54) is 34.0 Å². The largest absolute Gasteiger partial charge is 0.368 e. The summed E-state index contributed by atoms with van der Waals surface area (Å²) in [5.41, 5.74) is 6.20. The summed E-state index contributed by atoms with van der Waals surface area (Å²) >= 11 is 6.33. The molecular formula is C20H20ClN5O3. The number of carbonyl (C=O) groups excluding carboxylic acids is 2. The van der Waals surface area contributed by atoms with Gasteiger partial charge in [0.25, 0.3) is 11.5 Å². The zero-order chi connectivity index (χ0) is 21.3. The van der Waals surface area contributed by atoms with E-state index in [1.807, 2.05) is 6.07 Å². The molecule has 0 saturated heterocycles. The van der Waals surface area contributed by atoms with E-state index in [4.69, 9.17) is 17.3 Å². The van der Waals surface area contributed by atoms with Gasteiger partial charge >= 0.3 is 0 Å². The molecule has 0 fully saturated rings. The second kappa shape index (κ2) is 7.92. The molecule has 1 aromatic carbocycles. The summed E-state index contributed by atoms with van der Waals surface area (Å²) in [6.07, 6.45) is 4.72. The lowest BCUT2D eigenvalue weighted by Crippen LogP contribution is -2.43. The molecule has 29 heavy (non-hydrogen) atoms. The van der Waals surface area contributed by atoms with Crippen molar-refractivity contribution < 1.29 is 9.59 Å². The van der Waals surface area contributed by atoms with Crippen LogP contribution in [0.15, 0.2) is 54.1 Å². The van der Waals surface area contributed by atoms with E-state index in [2.05, 4.69) is 11.6 Å². The summed E-state index contributed by atoms with van der Waals surface area (Å²) in [5.74, 6) is -1.16. The third-order valence-corrected chi connectivity index (χ3v) is 5.04. The predicted molar refractivity (Wildman–Crippen MR) is 111 cm³/mol. The van der Waals surface area contributed by atoms with Gasteiger partial charge in [0, 0.05) is 36.6 Å². The maximum absolute atomic E-state index is 13.1. The van der Waals surface area contributed by atoms with E-state index in [0.717, 1.165) is 0 Å². The van der Waals surface area contributed by atoms with Crippen molar-refractivity contribution in [3.63, 3.8) is 0 Å². The van der Waals surface area contributed by atoms with Crippen LogP contribution in [0.4, 0.5) is 0 Å². The van der Waals surface area contributed by atoms with Crippen LogP contribution in [0.25, 0.3) is 16.9 Å². The minimum atomic E-state index is -0.816. The number of primary amides is 1. The molecule has 9 heteroatoms. The van der Waals surface area contributed by atoms with Crippen molar-refractivity contribution in [1.82, 2.24) is 18.9 Å². The molecule has 150 valence electrons. The number of imidazole rings is 1. The van der Waals surface area contributed by atoms with Crippen molar-refractivity contribution in [2.75, 3.05) is 7.05 Å². The highest BCUT2D eigenvalue weighted by molar-refractivity contribution is 6.33. The highest BCUT2D eigenvalue weighted by Gasteiger charge is 2.24.